The van der Waals surface area contributed by atoms with Gasteiger partial charge in [-0.05, 0) is 74.5 Å². The van der Waals surface area contributed by atoms with Crippen LogP contribution < -0.4 is 39.8 Å². The number of amides is 3. The normalized spacial score (nSPS) is 17.3. The van der Waals surface area contributed by atoms with E-state index in [4.69, 9.17) is 29.8 Å². The smallest absolute Gasteiger partial charge is 0.354 e. The van der Waals surface area contributed by atoms with Crippen LogP contribution in [0.5, 0.6) is 34.5 Å². The first-order valence-electron chi connectivity index (χ1n) is 19.1. The molecule has 6 aromatic rings. The van der Waals surface area contributed by atoms with Gasteiger partial charge in [-0.2, -0.15) is 0 Å². The number of halogens is 3. The van der Waals surface area contributed by atoms with Crippen molar-refractivity contribution in [3.05, 3.63) is 145 Å². The van der Waals surface area contributed by atoms with Crippen LogP contribution >= 0.6 is 12.4 Å². The molecule has 2 aliphatic heterocycles. The van der Waals surface area contributed by atoms with Gasteiger partial charge in [0.2, 0.25) is 5.91 Å². The van der Waals surface area contributed by atoms with Crippen LogP contribution in [0.4, 0.5) is 20.4 Å². The quantitative estimate of drug-likeness (QED) is 0.162. The fourth-order valence-electron chi connectivity index (χ4n) is 5.93. The zero-order chi connectivity index (χ0) is 45.2. The van der Waals surface area contributed by atoms with Crippen molar-refractivity contribution in [2.75, 3.05) is 23.9 Å². The van der Waals surface area contributed by atoms with E-state index < -0.39 is 41.7 Å². The van der Waals surface area contributed by atoms with Crippen molar-refractivity contribution in [1.29, 1.82) is 0 Å². The van der Waals surface area contributed by atoms with Gasteiger partial charge in [0.05, 0.1) is 0 Å². The van der Waals surface area contributed by atoms with Gasteiger partial charge in [0.25, 0.3) is 11.8 Å². The average Bonchev–Trinajstić information content (AvgIpc) is 3.42. The second kappa shape index (κ2) is 21.3. The molecule has 20 heteroatoms. The molecule has 2 aliphatic rings. The zero-order valence-electron chi connectivity index (χ0n) is 34.5. The van der Waals surface area contributed by atoms with Crippen molar-refractivity contribution in [1.82, 2.24) is 25.3 Å². The number of carboxylic acid groups (broad SMARTS) is 1. The summed E-state index contributed by atoms with van der Waals surface area (Å²) in [4.78, 5) is 67.0. The van der Waals surface area contributed by atoms with Crippen molar-refractivity contribution in [3.8, 4) is 34.5 Å². The molecular weight excluding hydrogens is 858 g/mol. The number of carbonyl (C=O) groups is 4. The topological polar surface area (TPSA) is 222 Å². The minimum atomic E-state index is -1.16. The molecule has 4 atom stereocenters. The predicted molar refractivity (Wildman–Crippen MR) is 230 cm³/mol. The number of pyridine rings is 4. The van der Waals surface area contributed by atoms with Crippen LogP contribution in [0.2, 0.25) is 0 Å². The van der Waals surface area contributed by atoms with Crippen LogP contribution in [-0.2, 0) is 9.59 Å². The molecule has 4 aromatic heterocycles. The van der Waals surface area contributed by atoms with Gasteiger partial charge in [0.1, 0.15) is 41.5 Å². The number of ether oxygens (including phenoxy) is 4. The molecule has 0 radical (unpaired) electrons. The molecular formula is C44H41ClF2N8O9. The molecule has 0 bridgehead atoms. The van der Waals surface area contributed by atoms with Crippen LogP contribution in [0, 0.1) is 11.6 Å². The zero-order valence-corrected chi connectivity index (χ0v) is 35.3. The summed E-state index contributed by atoms with van der Waals surface area (Å²) in [6, 6.07) is 22.7. The first-order chi connectivity index (χ1) is 30.2. The second-order valence-corrected chi connectivity index (χ2v) is 13.7. The number of nitrogens with zero attached hydrogens (tertiary/aromatic N) is 6. The van der Waals surface area contributed by atoms with Gasteiger partial charge in [-0.25, -0.2) is 28.5 Å². The fraction of sp³-hybridized carbons (Fsp3) is 0.182. The lowest BCUT2D eigenvalue weighted by atomic mass is 10.1. The Morgan fingerprint density at radius 3 is 1.66 bits per heavy atom. The lowest BCUT2D eigenvalue weighted by molar-refractivity contribution is -0.122. The van der Waals surface area contributed by atoms with Crippen molar-refractivity contribution < 1.29 is 52.0 Å². The number of fused-ring (bicyclic) bond motifs is 2. The largest absolute Gasteiger partial charge is 0.485 e. The molecule has 8 rings (SSSR count). The number of benzene rings is 2. The summed E-state index contributed by atoms with van der Waals surface area (Å²) in [6.07, 6.45) is 4.84. The van der Waals surface area contributed by atoms with Crippen molar-refractivity contribution in [3.63, 3.8) is 0 Å². The Morgan fingerprint density at radius 1 is 0.672 bits per heavy atom. The monoisotopic (exact) mass is 898 g/mol. The Hall–Kier alpha value is -7.77. The van der Waals surface area contributed by atoms with Gasteiger partial charge in [-0.15, -0.1) is 12.4 Å². The molecule has 0 unspecified atom stereocenters. The number of carboxylic acids is 1. The van der Waals surface area contributed by atoms with Crippen molar-refractivity contribution in [2.45, 2.75) is 38.1 Å². The Kier molecular flexibility index (Phi) is 15.8. The summed E-state index contributed by atoms with van der Waals surface area (Å²) in [5.41, 5.74) is 5.60. The van der Waals surface area contributed by atoms with E-state index in [9.17, 15) is 28.0 Å². The maximum absolute atomic E-state index is 13.8. The van der Waals surface area contributed by atoms with Gasteiger partial charge >= 0.3 is 5.97 Å². The highest BCUT2D eigenvalue weighted by Crippen LogP contribution is 2.31. The molecule has 17 nitrogen and oxygen atoms in total. The number of nitrogens with one attached hydrogen (secondary N) is 1. The maximum Gasteiger partial charge on any atom is 0.354 e. The van der Waals surface area contributed by atoms with E-state index >= 15 is 0 Å². The lowest BCUT2D eigenvalue weighted by Gasteiger charge is -2.23. The Bertz CT molecular complexity index is 2630. The summed E-state index contributed by atoms with van der Waals surface area (Å²) in [5.74, 6) is -0.925. The summed E-state index contributed by atoms with van der Waals surface area (Å²) < 4.78 is 49.2. The lowest BCUT2D eigenvalue weighted by Crippen LogP contribution is -2.53. The van der Waals surface area contributed by atoms with Gasteiger partial charge in [0.15, 0.2) is 52.0 Å². The standard InChI is InChI=1S/C22H19FN4O4.C12H8FNO3.C10H13N3O2.ClH/c1-13-19(22(29)27(2)20-18(30-13)8-5-10-25-20)26-21(28)16-12-14(9-11-24-16)31-17-7-4-3-6-15(17)23;13-9-3-1-2-4-11(9)17-8-5-6-14-10(7-8)12(15)16;1-6-8(11)10(14)13(2)9-7(15-6)4-3-5-12-9;/h3-13,19H,1-2H3,(H,26,28);1-7H,(H,15,16);3-6,8H,11H2,1-2H3;1H/t13-,19+;;6-,8+;/m1.1./s1. The Morgan fingerprint density at radius 2 is 1.14 bits per heavy atom. The van der Waals surface area contributed by atoms with Crippen LogP contribution in [-0.4, -0.2) is 87.1 Å². The van der Waals surface area contributed by atoms with E-state index in [1.54, 1.807) is 82.8 Å². The summed E-state index contributed by atoms with van der Waals surface area (Å²) >= 11 is 0. The second-order valence-electron chi connectivity index (χ2n) is 13.7. The SMILES string of the molecule is C[C@H]1Oc2cccnc2N(C)C(=O)[C@H]1N.C[C@H]1Oc2cccnc2N(C)C(=O)[C@H]1NC(=O)c1cc(Oc2ccccc2F)ccn1.Cl.O=C(O)c1cc(Oc2ccccc2F)ccn1. The first-order valence-corrected chi connectivity index (χ1v) is 19.1. The van der Waals surface area contributed by atoms with Crippen LogP contribution in [0.25, 0.3) is 0 Å². The Labute approximate surface area is 371 Å². The van der Waals surface area contributed by atoms with Crippen molar-refractivity contribution >= 4 is 47.7 Å². The number of nitrogens with two attached hydrogens (primary N) is 1. The minimum Gasteiger partial charge on any atom is -0.485 e. The van der Waals surface area contributed by atoms with Crippen LogP contribution in [0.15, 0.2) is 122 Å². The van der Waals surface area contributed by atoms with E-state index in [2.05, 4.69) is 25.3 Å². The third kappa shape index (κ3) is 11.4. The highest BCUT2D eigenvalue weighted by atomic mass is 35.5. The number of anilines is 2. The molecule has 6 heterocycles. The van der Waals surface area contributed by atoms with E-state index in [0.29, 0.717) is 23.1 Å². The van der Waals surface area contributed by atoms with Crippen LogP contribution in [0.3, 0.4) is 0 Å². The van der Waals surface area contributed by atoms with Gasteiger partial charge in [-0.3, -0.25) is 29.2 Å². The molecule has 4 N–H and O–H groups in total. The third-order valence-corrected chi connectivity index (χ3v) is 9.28. The number of aromatic nitrogens is 4. The molecule has 0 saturated heterocycles. The third-order valence-electron chi connectivity index (χ3n) is 9.28. The van der Waals surface area contributed by atoms with Crippen LogP contribution in [0.1, 0.15) is 34.8 Å². The van der Waals surface area contributed by atoms with E-state index in [0.717, 1.165) is 0 Å². The predicted octanol–water partition coefficient (Wildman–Crippen LogP) is 6.24. The minimum absolute atomic E-state index is 0. The molecule has 0 saturated carbocycles. The van der Waals surface area contributed by atoms with Crippen molar-refractivity contribution in [2.24, 2.45) is 5.73 Å². The maximum atomic E-state index is 13.8. The van der Waals surface area contributed by atoms with E-state index in [-0.39, 0.29) is 64.7 Å². The first kappa shape index (κ1) is 47.3. The highest BCUT2D eigenvalue weighted by Gasteiger charge is 2.37. The average molecular weight is 899 g/mol. The summed E-state index contributed by atoms with van der Waals surface area (Å²) in [7, 11) is 3.21. The molecule has 3 amide bonds. The highest BCUT2D eigenvalue weighted by molar-refractivity contribution is 6.02. The number of hydrogen-bond donors (Lipinski definition) is 3. The van der Waals surface area contributed by atoms with E-state index in [1.165, 1.54) is 76.8 Å². The van der Waals surface area contributed by atoms with Gasteiger partial charge in [0, 0.05) is 51.0 Å². The molecule has 2 aromatic carbocycles. The fourth-order valence-corrected chi connectivity index (χ4v) is 5.93. The number of para-hydroxylation sites is 2. The van der Waals surface area contributed by atoms with Gasteiger partial charge in [-0.1, -0.05) is 24.3 Å². The number of carbonyl (C=O) groups excluding carboxylic acids is 3. The molecule has 0 spiro atoms. The Balaban J connectivity index is 0.000000197. The number of rotatable bonds is 7. The molecule has 0 aliphatic carbocycles. The van der Waals surface area contributed by atoms with E-state index in [1.807, 2.05) is 0 Å². The number of hydrogen-bond acceptors (Lipinski definition) is 13. The van der Waals surface area contributed by atoms with Gasteiger partial charge < -0.3 is 35.1 Å². The molecule has 332 valence electrons. The number of aromatic carboxylic acids is 1. The summed E-state index contributed by atoms with van der Waals surface area (Å²) in [5, 5.41) is 11.4. The summed E-state index contributed by atoms with van der Waals surface area (Å²) in [6.45, 7) is 3.46. The number of likely N-dealkylation sites (N-methyl/N-ethyl adjacent to an activating group) is 2. The molecule has 64 heavy (non-hydrogen) atoms. The molecule has 0 fully saturated rings.